The van der Waals surface area contributed by atoms with Crippen LogP contribution in [0.1, 0.15) is 25.3 Å². The van der Waals surface area contributed by atoms with Gasteiger partial charge in [-0.25, -0.2) is 0 Å². The Balaban J connectivity index is 1.86. The van der Waals surface area contributed by atoms with Crippen molar-refractivity contribution in [3.05, 3.63) is 48.0 Å². The Bertz CT molecular complexity index is 527. The van der Waals surface area contributed by atoms with Gasteiger partial charge >= 0.3 is 0 Å². The lowest BCUT2D eigenvalue weighted by atomic mass is 9.98. The van der Waals surface area contributed by atoms with Crippen LogP contribution in [0.2, 0.25) is 0 Å². The zero-order chi connectivity index (χ0) is 12.4. The van der Waals surface area contributed by atoms with Crippen LogP contribution < -0.4 is 0 Å². The van der Waals surface area contributed by atoms with E-state index in [1.54, 1.807) is 0 Å². The maximum atomic E-state index is 2.61. The highest BCUT2D eigenvalue weighted by atomic mass is 15.1. The molecular weight excluding hydrogens is 218 g/mol. The van der Waals surface area contributed by atoms with Gasteiger partial charge in [-0.05, 0) is 41.6 Å². The molecule has 0 N–H and O–H groups in total. The lowest BCUT2D eigenvalue weighted by Crippen LogP contribution is -2.33. The van der Waals surface area contributed by atoms with E-state index in [-0.39, 0.29) is 0 Å². The summed E-state index contributed by atoms with van der Waals surface area (Å²) in [5.41, 5.74) is 1.47. The molecule has 1 fully saturated rings. The number of hydrogen-bond acceptors (Lipinski definition) is 1. The van der Waals surface area contributed by atoms with E-state index in [0.29, 0.717) is 0 Å². The van der Waals surface area contributed by atoms with Crippen LogP contribution in [0, 0.1) is 5.92 Å². The van der Waals surface area contributed by atoms with E-state index in [1.807, 2.05) is 0 Å². The topological polar surface area (TPSA) is 3.24 Å². The van der Waals surface area contributed by atoms with Crippen LogP contribution in [0.4, 0.5) is 0 Å². The Morgan fingerprint density at radius 1 is 1.11 bits per heavy atom. The molecule has 0 aliphatic carbocycles. The van der Waals surface area contributed by atoms with Crippen LogP contribution in [0.15, 0.2) is 42.5 Å². The summed E-state index contributed by atoms with van der Waals surface area (Å²) in [6, 6.07) is 15.4. The van der Waals surface area contributed by atoms with Crippen LogP contribution in [0.25, 0.3) is 10.8 Å². The summed E-state index contributed by atoms with van der Waals surface area (Å²) in [6.45, 7) is 5.98. The predicted octanol–water partition coefficient (Wildman–Crippen LogP) is 4.07. The molecule has 0 spiro atoms. The number of nitrogens with zero attached hydrogens (tertiary/aromatic N) is 1. The minimum atomic E-state index is 0.855. The van der Waals surface area contributed by atoms with Crippen molar-refractivity contribution in [2.24, 2.45) is 5.92 Å². The van der Waals surface area contributed by atoms with Crippen molar-refractivity contribution in [1.29, 1.82) is 0 Å². The van der Waals surface area contributed by atoms with Crippen molar-refractivity contribution in [2.75, 3.05) is 13.1 Å². The minimum absolute atomic E-state index is 0.855. The number of rotatable bonds is 2. The molecule has 1 heterocycles. The van der Waals surface area contributed by atoms with Gasteiger partial charge in [0.05, 0.1) is 0 Å². The van der Waals surface area contributed by atoms with Crippen molar-refractivity contribution in [3.63, 3.8) is 0 Å². The van der Waals surface area contributed by atoms with Gasteiger partial charge in [-0.3, -0.25) is 4.90 Å². The fourth-order valence-corrected chi connectivity index (χ4v) is 3.10. The molecule has 2 aromatic rings. The predicted molar refractivity (Wildman–Crippen MR) is 77.6 cm³/mol. The van der Waals surface area contributed by atoms with Crippen LogP contribution in [-0.2, 0) is 6.54 Å². The second-order valence-electron chi connectivity index (χ2n) is 5.62. The standard InChI is InChI=1S/C17H21N/c1-14-6-5-11-18(12-14)13-16-9-4-8-15-7-2-3-10-17(15)16/h2-4,7-10,14H,5-6,11-13H2,1H3/t14-/m1/s1. The van der Waals surface area contributed by atoms with Gasteiger partial charge in [-0.1, -0.05) is 49.4 Å². The molecular formula is C17H21N. The van der Waals surface area contributed by atoms with Gasteiger partial charge in [0.1, 0.15) is 0 Å². The van der Waals surface area contributed by atoms with Crippen molar-refractivity contribution in [2.45, 2.75) is 26.3 Å². The first-order valence-corrected chi connectivity index (χ1v) is 7.02. The summed E-state index contributed by atoms with van der Waals surface area (Å²) in [5.74, 6) is 0.855. The van der Waals surface area contributed by atoms with Gasteiger partial charge in [0.25, 0.3) is 0 Å². The molecule has 1 nitrogen and oxygen atoms in total. The molecule has 0 amide bonds. The van der Waals surface area contributed by atoms with Gasteiger partial charge in [-0.15, -0.1) is 0 Å². The molecule has 0 radical (unpaired) electrons. The average Bonchev–Trinajstić information content (AvgIpc) is 2.39. The van der Waals surface area contributed by atoms with Crippen LogP contribution in [-0.4, -0.2) is 18.0 Å². The smallest absolute Gasteiger partial charge is 0.0240 e. The third-order valence-electron chi connectivity index (χ3n) is 4.02. The summed E-state index contributed by atoms with van der Waals surface area (Å²) < 4.78 is 0. The highest BCUT2D eigenvalue weighted by Crippen LogP contribution is 2.22. The van der Waals surface area contributed by atoms with E-state index < -0.39 is 0 Å². The third kappa shape index (κ3) is 2.41. The molecule has 1 atom stereocenters. The molecule has 1 saturated heterocycles. The number of piperidine rings is 1. The largest absolute Gasteiger partial charge is 0.299 e. The van der Waals surface area contributed by atoms with Gasteiger partial charge < -0.3 is 0 Å². The maximum Gasteiger partial charge on any atom is 0.0240 e. The van der Waals surface area contributed by atoms with E-state index >= 15 is 0 Å². The second kappa shape index (κ2) is 5.11. The molecule has 0 bridgehead atoms. The Kier molecular flexibility index (Phi) is 3.33. The van der Waals surface area contributed by atoms with E-state index in [1.165, 1.54) is 42.3 Å². The summed E-state index contributed by atoms with van der Waals surface area (Å²) in [7, 11) is 0. The molecule has 1 heteroatoms. The highest BCUT2D eigenvalue weighted by molar-refractivity contribution is 5.85. The summed E-state index contributed by atoms with van der Waals surface area (Å²) >= 11 is 0. The highest BCUT2D eigenvalue weighted by Gasteiger charge is 2.16. The van der Waals surface area contributed by atoms with Gasteiger partial charge in [0, 0.05) is 13.1 Å². The summed E-state index contributed by atoms with van der Waals surface area (Å²) in [6.07, 6.45) is 2.75. The zero-order valence-electron chi connectivity index (χ0n) is 11.1. The van der Waals surface area contributed by atoms with Crippen molar-refractivity contribution >= 4 is 10.8 Å². The van der Waals surface area contributed by atoms with Crippen molar-refractivity contribution in [1.82, 2.24) is 4.90 Å². The number of fused-ring (bicyclic) bond motifs is 1. The van der Waals surface area contributed by atoms with Crippen molar-refractivity contribution in [3.8, 4) is 0 Å². The Labute approximate surface area is 109 Å². The van der Waals surface area contributed by atoms with E-state index in [4.69, 9.17) is 0 Å². The normalized spacial score (nSPS) is 21.3. The average molecular weight is 239 g/mol. The van der Waals surface area contributed by atoms with Crippen LogP contribution >= 0.6 is 0 Å². The van der Waals surface area contributed by atoms with Crippen molar-refractivity contribution < 1.29 is 0 Å². The van der Waals surface area contributed by atoms with Crippen LogP contribution in [0.3, 0.4) is 0 Å². The van der Waals surface area contributed by atoms with E-state index in [2.05, 4.69) is 54.3 Å². The SMILES string of the molecule is C[C@@H]1CCCN(Cc2cccc3ccccc23)C1. The third-order valence-corrected chi connectivity index (χ3v) is 4.02. The van der Waals surface area contributed by atoms with Gasteiger partial charge in [-0.2, -0.15) is 0 Å². The quantitative estimate of drug-likeness (QED) is 0.763. The molecule has 1 aliphatic heterocycles. The Morgan fingerprint density at radius 2 is 1.94 bits per heavy atom. The molecule has 18 heavy (non-hydrogen) atoms. The van der Waals surface area contributed by atoms with E-state index in [9.17, 15) is 0 Å². The maximum absolute atomic E-state index is 2.61. The van der Waals surface area contributed by atoms with E-state index in [0.717, 1.165) is 12.5 Å². The first kappa shape index (κ1) is 11.7. The summed E-state index contributed by atoms with van der Waals surface area (Å²) in [5, 5.41) is 2.78. The molecule has 0 saturated carbocycles. The summed E-state index contributed by atoms with van der Waals surface area (Å²) in [4.78, 5) is 2.61. The first-order valence-electron chi connectivity index (χ1n) is 7.02. The number of hydrogen-bond donors (Lipinski definition) is 0. The molecule has 2 aromatic carbocycles. The molecule has 0 aromatic heterocycles. The van der Waals surface area contributed by atoms with Gasteiger partial charge in [0.2, 0.25) is 0 Å². The first-order chi connectivity index (χ1) is 8.83. The minimum Gasteiger partial charge on any atom is -0.299 e. The molecule has 3 rings (SSSR count). The fraction of sp³-hybridized carbons (Fsp3) is 0.412. The Hall–Kier alpha value is -1.34. The fourth-order valence-electron chi connectivity index (χ4n) is 3.10. The second-order valence-corrected chi connectivity index (χ2v) is 5.62. The number of benzene rings is 2. The molecule has 0 unspecified atom stereocenters. The molecule has 94 valence electrons. The Morgan fingerprint density at radius 3 is 2.83 bits per heavy atom. The van der Waals surface area contributed by atoms with Crippen LogP contribution in [0.5, 0.6) is 0 Å². The van der Waals surface area contributed by atoms with Gasteiger partial charge in [0.15, 0.2) is 0 Å². The monoisotopic (exact) mass is 239 g/mol. The lowest BCUT2D eigenvalue weighted by Gasteiger charge is -2.31. The zero-order valence-corrected chi connectivity index (χ0v) is 11.1. The number of likely N-dealkylation sites (tertiary alicyclic amines) is 1. The molecule has 1 aliphatic rings. The lowest BCUT2D eigenvalue weighted by molar-refractivity contribution is 0.177.